The van der Waals surface area contributed by atoms with Crippen LogP contribution in [-0.2, 0) is 0 Å². The first kappa shape index (κ1) is 13.0. The molecule has 1 aromatic rings. The van der Waals surface area contributed by atoms with Gasteiger partial charge in [-0.2, -0.15) is 4.99 Å². The van der Waals surface area contributed by atoms with Gasteiger partial charge in [-0.25, -0.2) is 4.99 Å². The maximum absolute atomic E-state index is 5.81. The maximum Gasteiger partial charge on any atom is 0.223 e. The number of nitrogens with zero attached hydrogens (tertiary/aromatic N) is 3. The number of hydrogen-bond acceptors (Lipinski definition) is 1. The van der Waals surface area contributed by atoms with Crippen LogP contribution in [0.15, 0.2) is 40.3 Å². The number of nitrogens with two attached hydrogens (primary N) is 2. The summed E-state index contributed by atoms with van der Waals surface area (Å²) in [6, 6.07) is 9.42. The van der Waals surface area contributed by atoms with E-state index in [1.165, 1.54) is 0 Å². The molecule has 0 aliphatic carbocycles. The van der Waals surface area contributed by atoms with Gasteiger partial charge in [0.2, 0.25) is 5.96 Å². The Morgan fingerprint density at radius 2 is 1.71 bits per heavy atom. The van der Waals surface area contributed by atoms with Gasteiger partial charge in [0.15, 0.2) is 5.96 Å². The normalized spacial score (nSPS) is 12.6. The van der Waals surface area contributed by atoms with Crippen LogP contribution in [0.5, 0.6) is 0 Å². The van der Waals surface area contributed by atoms with Crippen molar-refractivity contribution in [2.45, 2.75) is 13.8 Å². The van der Waals surface area contributed by atoms with E-state index in [9.17, 15) is 0 Å². The highest BCUT2D eigenvalue weighted by Gasteiger charge is 2.02. The van der Waals surface area contributed by atoms with Crippen LogP contribution in [0, 0.1) is 0 Å². The van der Waals surface area contributed by atoms with Gasteiger partial charge < -0.3 is 16.4 Å². The summed E-state index contributed by atoms with van der Waals surface area (Å²) in [6.07, 6.45) is 0. The molecule has 1 aromatic carbocycles. The molecule has 0 saturated heterocycles. The summed E-state index contributed by atoms with van der Waals surface area (Å²) in [5.74, 6) is 0.563. The molecule has 0 amide bonds. The van der Waals surface area contributed by atoms with E-state index < -0.39 is 0 Å². The molecular formula is C12H19N5. The molecule has 5 nitrogen and oxygen atoms in total. The zero-order valence-electron chi connectivity index (χ0n) is 10.3. The first-order valence-electron chi connectivity index (χ1n) is 5.65. The molecule has 0 bridgehead atoms. The van der Waals surface area contributed by atoms with Crippen molar-refractivity contribution in [3.8, 4) is 0 Å². The van der Waals surface area contributed by atoms with Crippen molar-refractivity contribution in [2.75, 3.05) is 13.1 Å². The minimum Gasteiger partial charge on any atom is -0.369 e. The van der Waals surface area contributed by atoms with E-state index in [2.05, 4.69) is 9.98 Å². The molecule has 5 heteroatoms. The molecule has 4 N–H and O–H groups in total. The smallest absolute Gasteiger partial charge is 0.223 e. The third-order valence-corrected chi connectivity index (χ3v) is 2.32. The van der Waals surface area contributed by atoms with E-state index in [0.29, 0.717) is 5.96 Å². The average molecular weight is 233 g/mol. The molecule has 92 valence electrons. The fourth-order valence-electron chi connectivity index (χ4n) is 1.40. The number of guanidine groups is 2. The summed E-state index contributed by atoms with van der Waals surface area (Å²) in [7, 11) is 0. The van der Waals surface area contributed by atoms with Gasteiger partial charge in [-0.3, -0.25) is 0 Å². The van der Waals surface area contributed by atoms with E-state index in [-0.39, 0.29) is 5.96 Å². The Morgan fingerprint density at radius 1 is 1.12 bits per heavy atom. The molecule has 0 unspecified atom stereocenters. The van der Waals surface area contributed by atoms with Crippen LogP contribution < -0.4 is 11.5 Å². The second kappa shape index (κ2) is 6.52. The Balaban J connectivity index is 2.80. The number of aliphatic imine (C=N–C) groups is 2. The van der Waals surface area contributed by atoms with Crippen LogP contribution in [0.25, 0.3) is 0 Å². The van der Waals surface area contributed by atoms with Gasteiger partial charge in [0.05, 0.1) is 5.69 Å². The van der Waals surface area contributed by atoms with Crippen molar-refractivity contribution in [1.29, 1.82) is 0 Å². The van der Waals surface area contributed by atoms with Crippen LogP contribution in [0.3, 0.4) is 0 Å². The van der Waals surface area contributed by atoms with Gasteiger partial charge in [-0.1, -0.05) is 18.2 Å². The Morgan fingerprint density at radius 3 is 2.24 bits per heavy atom. The van der Waals surface area contributed by atoms with Crippen LogP contribution in [0.1, 0.15) is 13.8 Å². The third-order valence-electron chi connectivity index (χ3n) is 2.32. The fourth-order valence-corrected chi connectivity index (χ4v) is 1.40. The largest absolute Gasteiger partial charge is 0.369 e. The number of hydrogen-bond donors (Lipinski definition) is 2. The molecule has 17 heavy (non-hydrogen) atoms. The van der Waals surface area contributed by atoms with Crippen molar-refractivity contribution in [2.24, 2.45) is 21.5 Å². The summed E-state index contributed by atoms with van der Waals surface area (Å²) in [4.78, 5) is 10.1. The molecule has 0 spiro atoms. The van der Waals surface area contributed by atoms with E-state index in [0.717, 1.165) is 18.8 Å². The van der Waals surface area contributed by atoms with E-state index in [4.69, 9.17) is 11.5 Å². The number of benzene rings is 1. The molecule has 0 aromatic heterocycles. The Kier molecular flexibility index (Phi) is 5.00. The van der Waals surface area contributed by atoms with Crippen LogP contribution >= 0.6 is 0 Å². The highest BCUT2D eigenvalue weighted by atomic mass is 15.3. The molecule has 0 aliphatic rings. The number of rotatable bonds is 3. The van der Waals surface area contributed by atoms with Gasteiger partial charge in [0, 0.05) is 13.1 Å². The lowest BCUT2D eigenvalue weighted by Gasteiger charge is -2.18. The van der Waals surface area contributed by atoms with Gasteiger partial charge in [-0.05, 0) is 26.0 Å². The van der Waals surface area contributed by atoms with Crippen molar-refractivity contribution in [1.82, 2.24) is 4.90 Å². The predicted molar refractivity (Wildman–Crippen MR) is 72.3 cm³/mol. The Hall–Kier alpha value is -2.04. The number of para-hydroxylation sites is 1. The molecule has 0 saturated carbocycles. The van der Waals surface area contributed by atoms with Gasteiger partial charge >= 0.3 is 0 Å². The molecule has 0 fully saturated rings. The minimum absolute atomic E-state index is 0.167. The highest BCUT2D eigenvalue weighted by Crippen LogP contribution is 2.09. The molecule has 0 atom stereocenters. The molecule has 0 aliphatic heterocycles. The molecule has 1 rings (SSSR count). The van der Waals surface area contributed by atoms with Gasteiger partial charge in [0.1, 0.15) is 0 Å². The van der Waals surface area contributed by atoms with E-state index in [1.54, 1.807) is 0 Å². The Bertz CT molecular complexity index is 393. The predicted octanol–water partition coefficient (Wildman–Crippen LogP) is 1.29. The summed E-state index contributed by atoms with van der Waals surface area (Å²) < 4.78 is 0. The average Bonchev–Trinajstić information content (AvgIpc) is 2.31. The first-order valence-corrected chi connectivity index (χ1v) is 5.65. The van der Waals surface area contributed by atoms with E-state index >= 15 is 0 Å². The standard InChI is InChI=1S/C12H19N5/c1-3-17(4-2)12(14)16-11(13)15-10-8-6-5-7-9-10/h5-9H,3-4H2,1-2H3,(H4,13,14,15,16). The van der Waals surface area contributed by atoms with Crippen LogP contribution in [0.2, 0.25) is 0 Å². The second-order valence-electron chi connectivity index (χ2n) is 3.45. The van der Waals surface area contributed by atoms with Crippen molar-refractivity contribution in [3.05, 3.63) is 30.3 Å². The molecule has 0 heterocycles. The van der Waals surface area contributed by atoms with Crippen molar-refractivity contribution < 1.29 is 0 Å². The third kappa shape index (κ3) is 4.14. The zero-order chi connectivity index (χ0) is 12.7. The Labute approximate surface area is 102 Å². The fraction of sp³-hybridized carbons (Fsp3) is 0.333. The van der Waals surface area contributed by atoms with Gasteiger partial charge in [-0.15, -0.1) is 0 Å². The zero-order valence-corrected chi connectivity index (χ0v) is 10.3. The SMILES string of the molecule is CCN(CC)C(N)=NC(N)=Nc1ccccc1. The molecular weight excluding hydrogens is 214 g/mol. The van der Waals surface area contributed by atoms with Crippen LogP contribution in [-0.4, -0.2) is 29.9 Å². The summed E-state index contributed by atoms with van der Waals surface area (Å²) in [5.41, 5.74) is 12.3. The van der Waals surface area contributed by atoms with E-state index in [1.807, 2.05) is 49.1 Å². The highest BCUT2D eigenvalue weighted by molar-refractivity contribution is 5.94. The second-order valence-corrected chi connectivity index (χ2v) is 3.45. The van der Waals surface area contributed by atoms with Gasteiger partial charge in [0.25, 0.3) is 0 Å². The maximum atomic E-state index is 5.81. The van der Waals surface area contributed by atoms with Crippen molar-refractivity contribution >= 4 is 17.6 Å². The summed E-state index contributed by atoms with van der Waals surface area (Å²) in [6.45, 7) is 5.61. The monoisotopic (exact) mass is 233 g/mol. The van der Waals surface area contributed by atoms with Crippen LogP contribution in [0.4, 0.5) is 5.69 Å². The lowest BCUT2D eigenvalue weighted by molar-refractivity contribution is 0.461. The molecule has 0 radical (unpaired) electrons. The quantitative estimate of drug-likeness (QED) is 0.610. The minimum atomic E-state index is 0.167. The lowest BCUT2D eigenvalue weighted by atomic mass is 10.3. The summed E-state index contributed by atoms with van der Waals surface area (Å²) >= 11 is 0. The summed E-state index contributed by atoms with van der Waals surface area (Å²) in [5, 5.41) is 0. The lowest BCUT2D eigenvalue weighted by Crippen LogP contribution is -2.38. The topological polar surface area (TPSA) is 80.0 Å². The first-order chi connectivity index (χ1) is 8.17. The van der Waals surface area contributed by atoms with Crippen molar-refractivity contribution in [3.63, 3.8) is 0 Å².